The summed E-state index contributed by atoms with van der Waals surface area (Å²) in [6.07, 6.45) is -0.278. The number of nitrogens with zero attached hydrogens (tertiary/aromatic N) is 1. The average Bonchev–Trinajstić information content (AvgIpc) is 2.46. The van der Waals surface area contributed by atoms with Gasteiger partial charge in [-0.05, 0) is 38.5 Å². The lowest BCUT2D eigenvalue weighted by atomic mass is 10.0. The predicted octanol–water partition coefficient (Wildman–Crippen LogP) is 3.23. The van der Waals surface area contributed by atoms with Crippen LogP contribution in [0.2, 0.25) is 5.02 Å². The molecule has 1 fully saturated rings. The Kier molecular flexibility index (Phi) is 5.19. The molecule has 1 saturated heterocycles. The van der Waals surface area contributed by atoms with Crippen LogP contribution in [0.3, 0.4) is 0 Å². The molecule has 1 heterocycles. The molecule has 1 aliphatic rings. The minimum atomic E-state index is -0.485. The van der Waals surface area contributed by atoms with Crippen molar-refractivity contribution in [3.05, 3.63) is 28.8 Å². The second kappa shape index (κ2) is 6.75. The Morgan fingerprint density at radius 3 is 2.77 bits per heavy atom. The number of halogens is 1. The molecule has 1 amide bonds. The average molecular weight is 327 g/mol. The molecule has 5 nitrogen and oxygen atoms in total. The number of benzene rings is 1. The normalized spacial score (nSPS) is 19.0. The number of rotatable bonds is 2. The van der Waals surface area contributed by atoms with Crippen molar-refractivity contribution in [1.82, 2.24) is 10.2 Å². The van der Waals surface area contributed by atoms with Crippen LogP contribution in [0.25, 0.3) is 0 Å². The quantitative estimate of drug-likeness (QED) is 0.906. The minimum absolute atomic E-state index is 0.0347. The third-order valence-electron chi connectivity index (χ3n) is 3.40. The number of carbonyl (C=O) groups is 1. The summed E-state index contributed by atoms with van der Waals surface area (Å²) in [5.41, 5.74) is 0.551. The summed E-state index contributed by atoms with van der Waals surface area (Å²) in [4.78, 5) is 13.9. The molecular formula is C16H23ClN2O3. The highest BCUT2D eigenvalue weighted by Crippen LogP contribution is 2.29. The van der Waals surface area contributed by atoms with E-state index in [9.17, 15) is 4.79 Å². The molecule has 1 unspecified atom stereocenters. The van der Waals surface area contributed by atoms with Crippen molar-refractivity contribution in [2.24, 2.45) is 0 Å². The molecule has 2 rings (SSSR count). The van der Waals surface area contributed by atoms with Gasteiger partial charge in [0.25, 0.3) is 0 Å². The predicted molar refractivity (Wildman–Crippen MR) is 86.6 cm³/mol. The van der Waals surface area contributed by atoms with E-state index >= 15 is 0 Å². The van der Waals surface area contributed by atoms with Gasteiger partial charge in [0.1, 0.15) is 11.4 Å². The third kappa shape index (κ3) is 4.27. The van der Waals surface area contributed by atoms with Crippen molar-refractivity contribution in [2.45, 2.75) is 32.4 Å². The number of methoxy groups -OCH3 is 1. The van der Waals surface area contributed by atoms with E-state index in [0.29, 0.717) is 23.9 Å². The van der Waals surface area contributed by atoms with E-state index in [0.717, 1.165) is 12.1 Å². The summed E-state index contributed by atoms with van der Waals surface area (Å²) in [5, 5.41) is 3.98. The number of piperazine rings is 1. The Bertz CT molecular complexity index is 543. The molecule has 0 aromatic heterocycles. The highest BCUT2D eigenvalue weighted by molar-refractivity contribution is 6.32. The maximum Gasteiger partial charge on any atom is 0.410 e. The van der Waals surface area contributed by atoms with E-state index in [4.69, 9.17) is 21.1 Å². The van der Waals surface area contributed by atoms with Gasteiger partial charge in [-0.1, -0.05) is 17.7 Å². The first-order valence-corrected chi connectivity index (χ1v) is 7.72. The summed E-state index contributed by atoms with van der Waals surface area (Å²) >= 11 is 6.06. The van der Waals surface area contributed by atoms with Crippen LogP contribution in [-0.2, 0) is 4.74 Å². The summed E-state index contributed by atoms with van der Waals surface area (Å²) in [6, 6.07) is 5.69. The molecule has 1 aromatic rings. The molecule has 1 aromatic carbocycles. The Balaban J connectivity index is 2.09. The van der Waals surface area contributed by atoms with Crippen molar-refractivity contribution < 1.29 is 14.3 Å². The summed E-state index contributed by atoms with van der Waals surface area (Å²) in [5.74, 6) is 0.635. The lowest BCUT2D eigenvalue weighted by molar-refractivity contribution is 0.0195. The molecule has 22 heavy (non-hydrogen) atoms. The van der Waals surface area contributed by atoms with Crippen molar-refractivity contribution in [3.63, 3.8) is 0 Å². The van der Waals surface area contributed by atoms with Gasteiger partial charge in [-0.3, -0.25) is 0 Å². The highest BCUT2D eigenvalue weighted by atomic mass is 35.5. The van der Waals surface area contributed by atoms with Crippen LogP contribution in [0, 0.1) is 0 Å². The second-order valence-electron chi connectivity index (χ2n) is 6.33. The summed E-state index contributed by atoms with van der Waals surface area (Å²) in [6.45, 7) is 7.52. The topological polar surface area (TPSA) is 50.8 Å². The Hall–Kier alpha value is -1.46. The SMILES string of the molecule is COc1cc(C2CN(C(=O)OC(C)(C)C)CCN2)ccc1Cl. The van der Waals surface area contributed by atoms with Gasteiger partial charge in [0, 0.05) is 19.6 Å². The molecular weight excluding hydrogens is 304 g/mol. The van der Waals surface area contributed by atoms with Gasteiger partial charge in [-0.15, -0.1) is 0 Å². The van der Waals surface area contributed by atoms with Crippen LogP contribution < -0.4 is 10.1 Å². The van der Waals surface area contributed by atoms with Gasteiger partial charge in [-0.2, -0.15) is 0 Å². The van der Waals surface area contributed by atoms with E-state index in [1.807, 2.05) is 39.0 Å². The van der Waals surface area contributed by atoms with Gasteiger partial charge in [0.2, 0.25) is 0 Å². The van der Waals surface area contributed by atoms with Crippen LogP contribution in [0.4, 0.5) is 4.79 Å². The van der Waals surface area contributed by atoms with Gasteiger partial charge in [-0.25, -0.2) is 4.79 Å². The highest BCUT2D eigenvalue weighted by Gasteiger charge is 2.28. The fourth-order valence-corrected chi connectivity index (χ4v) is 2.55. The monoisotopic (exact) mass is 326 g/mol. The fraction of sp³-hybridized carbons (Fsp3) is 0.562. The van der Waals surface area contributed by atoms with Crippen molar-refractivity contribution >= 4 is 17.7 Å². The van der Waals surface area contributed by atoms with Crippen LogP contribution in [0.15, 0.2) is 18.2 Å². The number of carbonyl (C=O) groups excluding carboxylic acids is 1. The van der Waals surface area contributed by atoms with Crippen LogP contribution in [0.5, 0.6) is 5.75 Å². The first-order chi connectivity index (χ1) is 10.3. The zero-order valence-electron chi connectivity index (χ0n) is 13.5. The smallest absolute Gasteiger partial charge is 0.410 e. The first kappa shape index (κ1) is 16.9. The van der Waals surface area contributed by atoms with Gasteiger partial charge in [0.05, 0.1) is 18.2 Å². The molecule has 1 atom stereocenters. The van der Waals surface area contributed by atoms with E-state index in [1.54, 1.807) is 12.0 Å². The lowest BCUT2D eigenvalue weighted by Gasteiger charge is -2.35. The Morgan fingerprint density at radius 2 is 2.14 bits per heavy atom. The maximum atomic E-state index is 12.2. The molecule has 0 spiro atoms. The molecule has 6 heteroatoms. The van der Waals surface area contributed by atoms with Crippen molar-refractivity contribution in [3.8, 4) is 5.75 Å². The summed E-state index contributed by atoms with van der Waals surface area (Å²) < 4.78 is 10.7. The molecule has 1 aliphatic heterocycles. The molecule has 0 saturated carbocycles. The van der Waals surface area contributed by atoms with Crippen LogP contribution in [0.1, 0.15) is 32.4 Å². The van der Waals surface area contributed by atoms with E-state index in [2.05, 4.69) is 5.32 Å². The van der Waals surface area contributed by atoms with E-state index < -0.39 is 5.60 Å². The van der Waals surface area contributed by atoms with Crippen molar-refractivity contribution in [2.75, 3.05) is 26.7 Å². The Labute approximate surface area is 136 Å². The fourth-order valence-electron chi connectivity index (χ4n) is 2.36. The standard InChI is InChI=1S/C16H23ClN2O3/c1-16(2,3)22-15(20)19-8-7-18-13(10-19)11-5-6-12(17)14(9-11)21-4/h5-6,9,13,18H,7-8,10H2,1-4H3. The van der Waals surface area contributed by atoms with Gasteiger partial charge >= 0.3 is 6.09 Å². The zero-order chi connectivity index (χ0) is 16.3. The van der Waals surface area contributed by atoms with Crippen LogP contribution >= 0.6 is 11.6 Å². The van der Waals surface area contributed by atoms with Crippen molar-refractivity contribution in [1.29, 1.82) is 0 Å². The zero-order valence-corrected chi connectivity index (χ0v) is 14.2. The lowest BCUT2D eigenvalue weighted by Crippen LogP contribution is -2.49. The number of ether oxygens (including phenoxy) is 2. The van der Waals surface area contributed by atoms with Crippen LogP contribution in [-0.4, -0.2) is 43.3 Å². The molecule has 0 radical (unpaired) electrons. The van der Waals surface area contributed by atoms with E-state index in [-0.39, 0.29) is 12.1 Å². The molecule has 0 bridgehead atoms. The molecule has 0 aliphatic carbocycles. The third-order valence-corrected chi connectivity index (χ3v) is 3.72. The number of hydrogen-bond acceptors (Lipinski definition) is 4. The number of nitrogens with one attached hydrogen (secondary N) is 1. The largest absolute Gasteiger partial charge is 0.495 e. The van der Waals surface area contributed by atoms with Gasteiger partial charge < -0.3 is 19.7 Å². The molecule has 1 N–H and O–H groups in total. The first-order valence-electron chi connectivity index (χ1n) is 7.35. The second-order valence-corrected chi connectivity index (χ2v) is 6.73. The minimum Gasteiger partial charge on any atom is -0.495 e. The number of amides is 1. The molecule has 122 valence electrons. The maximum absolute atomic E-state index is 12.2. The summed E-state index contributed by atoms with van der Waals surface area (Å²) in [7, 11) is 1.59. The van der Waals surface area contributed by atoms with Gasteiger partial charge in [0.15, 0.2) is 0 Å². The Morgan fingerprint density at radius 1 is 1.41 bits per heavy atom. The number of hydrogen-bond donors (Lipinski definition) is 1. The van der Waals surface area contributed by atoms with E-state index in [1.165, 1.54) is 0 Å².